The molecule has 0 bridgehead atoms. The van der Waals surface area contributed by atoms with Crippen molar-refractivity contribution in [2.75, 3.05) is 19.8 Å². The largest absolute Gasteiger partial charge is 0.475 e. The summed E-state index contributed by atoms with van der Waals surface area (Å²) in [5.41, 5.74) is 5.55. The summed E-state index contributed by atoms with van der Waals surface area (Å²) >= 11 is 0. The second-order valence-electron chi connectivity index (χ2n) is 17.8. The highest BCUT2D eigenvalue weighted by Crippen LogP contribution is 2.56. The summed E-state index contributed by atoms with van der Waals surface area (Å²) in [5, 5.41) is 22.4. The lowest BCUT2D eigenvalue weighted by Gasteiger charge is -2.46. The molecular formula is C43H87NO22P4. The van der Waals surface area contributed by atoms with E-state index in [1.807, 2.05) is 0 Å². The van der Waals surface area contributed by atoms with Gasteiger partial charge in [0.15, 0.2) is 0 Å². The van der Waals surface area contributed by atoms with E-state index in [4.69, 9.17) is 28.8 Å². The Morgan fingerprint density at radius 1 is 0.443 bits per heavy atom. The molecule has 1 rings (SSSR count). The van der Waals surface area contributed by atoms with Crippen molar-refractivity contribution in [3.05, 3.63) is 0 Å². The molecule has 0 aromatic carbocycles. The molecule has 70 heavy (non-hydrogen) atoms. The van der Waals surface area contributed by atoms with Gasteiger partial charge in [0.1, 0.15) is 43.2 Å². The van der Waals surface area contributed by atoms with Gasteiger partial charge in [-0.15, -0.1) is 0 Å². The average molecular weight is 1090 g/mol. The molecule has 1 aliphatic rings. The third kappa shape index (κ3) is 34.0. The molecular weight excluding hydrogens is 1010 g/mol. The summed E-state index contributed by atoms with van der Waals surface area (Å²) in [4.78, 5) is 83.5. The highest BCUT2D eigenvalue weighted by molar-refractivity contribution is 7.48. The fourth-order valence-corrected chi connectivity index (χ4v) is 10.9. The molecule has 0 aliphatic heterocycles. The van der Waals surface area contributed by atoms with Crippen LogP contribution in [0.2, 0.25) is 0 Å². The summed E-state index contributed by atoms with van der Waals surface area (Å²) in [7, 11) is -22.7. The SMILES string of the molecule is CCCCCCCCCCCCCCCC(=O)OC(COP(=O)(OCCCN)OC1[C@H](O)[C@H](OP(=O)(O)O)C(OP(=O)(O)O)[C@H](OP(=O)(O)O)[C@H]1O)OC(=O)CCCCCCCCCCCCCCC. The summed E-state index contributed by atoms with van der Waals surface area (Å²) in [6.07, 6.45) is 9.64. The Balaban J connectivity index is 3.14. The van der Waals surface area contributed by atoms with E-state index in [0.29, 0.717) is 12.8 Å². The first-order valence-electron chi connectivity index (χ1n) is 25.3. The molecule has 27 heteroatoms. The van der Waals surface area contributed by atoms with Crippen LogP contribution in [0.1, 0.15) is 200 Å². The van der Waals surface area contributed by atoms with Crippen LogP contribution in [0.4, 0.5) is 0 Å². The van der Waals surface area contributed by atoms with Gasteiger partial charge in [0.2, 0.25) is 0 Å². The van der Waals surface area contributed by atoms with Crippen LogP contribution in [0.3, 0.4) is 0 Å². The third-order valence-electron chi connectivity index (χ3n) is 11.5. The summed E-state index contributed by atoms with van der Waals surface area (Å²) in [6.45, 7) is 2.76. The van der Waals surface area contributed by atoms with Gasteiger partial charge in [0.25, 0.3) is 6.29 Å². The highest BCUT2D eigenvalue weighted by Gasteiger charge is 2.59. The van der Waals surface area contributed by atoms with E-state index in [0.717, 1.165) is 64.2 Å². The van der Waals surface area contributed by atoms with Crippen LogP contribution in [-0.2, 0) is 64.5 Å². The number of ether oxygens (including phenoxy) is 2. The number of carbonyl (C=O) groups is 2. The Kier molecular flexibility index (Phi) is 36.4. The Morgan fingerprint density at radius 3 is 1.07 bits per heavy atom. The highest BCUT2D eigenvalue weighted by atomic mass is 31.2. The van der Waals surface area contributed by atoms with E-state index < -0.39 is 99.4 Å². The third-order valence-corrected chi connectivity index (χ3v) is 14.5. The number of esters is 2. The van der Waals surface area contributed by atoms with Gasteiger partial charge < -0.3 is 54.8 Å². The van der Waals surface area contributed by atoms with E-state index in [1.165, 1.54) is 89.9 Å². The minimum Gasteiger partial charge on any atom is -0.423 e. The van der Waals surface area contributed by atoms with Crippen LogP contribution >= 0.6 is 31.3 Å². The molecule has 0 saturated heterocycles. The predicted octanol–water partition coefficient (Wildman–Crippen LogP) is 8.41. The molecule has 416 valence electrons. The van der Waals surface area contributed by atoms with Gasteiger partial charge in [-0.05, 0) is 25.8 Å². The van der Waals surface area contributed by atoms with Crippen molar-refractivity contribution >= 4 is 43.2 Å². The molecule has 1 saturated carbocycles. The van der Waals surface area contributed by atoms with Crippen molar-refractivity contribution in [3.8, 4) is 0 Å². The quantitative estimate of drug-likeness (QED) is 0.0119. The summed E-state index contributed by atoms with van der Waals surface area (Å²) in [6, 6.07) is 0. The lowest BCUT2D eigenvalue weighted by Crippen LogP contribution is -2.65. The van der Waals surface area contributed by atoms with Crippen LogP contribution in [0.5, 0.6) is 0 Å². The molecule has 0 aromatic heterocycles. The standard InChI is InChI=1S/C43H87NO22P4/c1-3-5-7-9-11-13-15-17-19-21-23-25-27-30-35(45)61-37(62-36(46)31-28-26-24-22-20-18-16-14-12-10-8-6-4-2)34-60-70(58,59-33-29-32-44)66-40-38(47)41(63-67(49,50)51)43(65-69(55,56)57)42(39(40)48)64-68(52,53)54/h37-43,47-48H,3-34,44H2,1-2H3,(H2,49,50,51)(H2,52,53,54)(H2,55,56,57)/t38-,39-,40?,41-,42+,43?,70?/m0/s1. The van der Waals surface area contributed by atoms with Crippen molar-refractivity contribution < 1.29 is 104 Å². The van der Waals surface area contributed by atoms with Gasteiger partial charge in [-0.1, -0.05) is 168 Å². The van der Waals surface area contributed by atoms with E-state index in [2.05, 4.69) is 27.4 Å². The maximum atomic E-state index is 14.3. The number of aliphatic hydroxyl groups excluding tert-OH is 2. The van der Waals surface area contributed by atoms with Gasteiger partial charge >= 0.3 is 43.2 Å². The second-order valence-corrected chi connectivity index (χ2v) is 23.0. The molecule has 0 amide bonds. The first-order valence-corrected chi connectivity index (χ1v) is 31.3. The molecule has 7 atom stereocenters. The number of hydrogen-bond acceptors (Lipinski definition) is 17. The topological polar surface area (TPSA) is 364 Å². The monoisotopic (exact) mass is 1090 g/mol. The van der Waals surface area contributed by atoms with Crippen molar-refractivity contribution in [3.63, 3.8) is 0 Å². The number of hydrogen-bond donors (Lipinski definition) is 9. The number of unbranched alkanes of at least 4 members (excludes halogenated alkanes) is 24. The predicted molar refractivity (Wildman–Crippen MR) is 257 cm³/mol. The average Bonchev–Trinajstić information content (AvgIpc) is 3.26. The molecule has 1 aliphatic carbocycles. The maximum absolute atomic E-state index is 14.3. The molecule has 10 N–H and O–H groups in total. The van der Waals surface area contributed by atoms with Gasteiger partial charge in [-0.3, -0.25) is 36.7 Å². The Hall–Kier alpha value is -0.740. The summed E-state index contributed by atoms with van der Waals surface area (Å²) < 4.78 is 90.3. The lowest BCUT2D eigenvalue weighted by atomic mass is 9.85. The number of rotatable bonds is 45. The van der Waals surface area contributed by atoms with E-state index >= 15 is 0 Å². The zero-order valence-corrected chi connectivity index (χ0v) is 44.9. The number of phosphoric acid groups is 4. The normalized spacial score (nSPS) is 21.0. The van der Waals surface area contributed by atoms with Crippen LogP contribution in [0, 0.1) is 0 Å². The molecule has 1 fully saturated rings. The van der Waals surface area contributed by atoms with Crippen LogP contribution in [0.25, 0.3) is 0 Å². The van der Waals surface area contributed by atoms with Crippen LogP contribution < -0.4 is 5.73 Å². The van der Waals surface area contributed by atoms with Gasteiger partial charge in [-0.25, -0.2) is 18.3 Å². The van der Waals surface area contributed by atoms with Gasteiger partial charge in [0, 0.05) is 12.8 Å². The molecule has 0 heterocycles. The second kappa shape index (κ2) is 37.9. The van der Waals surface area contributed by atoms with E-state index in [-0.39, 0.29) is 25.8 Å². The molecule has 0 radical (unpaired) electrons. The zero-order valence-electron chi connectivity index (χ0n) is 41.3. The van der Waals surface area contributed by atoms with Crippen LogP contribution in [0.15, 0.2) is 0 Å². The number of carbonyl (C=O) groups excluding carboxylic acids is 2. The molecule has 23 nitrogen and oxygen atoms in total. The minimum atomic E-state index is -5.79. The van der Waals surface area contributed by atoms with E-state index in [1.54, 1.807) is 0 Å². The molecule has 3 unspecified atom stereocenters. The Bertz CT molecular complexity index is 1500. The maximum Gasteiger partial charge on any atom is 0.475 e. The first kappa shape index (κ1) is 67.3. The van der Waals surface area contributed by atoms with Crippen molar-refractivity contribution in [2.24, 2.45) is 5.73 Å². The van der Waals surface area contributed by atoms with Crippen molar-refractivity contribution in [2.45, 2.75) is 243 Å². The van der Waals surface area contributed by atoms with Crippen LogP contribution in [-0.4, -0.2) is 114 Å². The fourth-order valence-electron chi connectivity index (χ4n) is 7.85. The molecule has 0 spiro atoms. The minimum absolute atomic E-state index is 0.0236. The first-order chi connectivity index (χ1) is 33.0. The molecule has 0 aromatic rings. The van der Waals surface area contributed by atoms with Crippen molar-refractivity contribution in [1.82, 2.24) is 0 Å². The Labute approximate surface area is 414 Å². The van der Waals surface area contributed by atoms with Gasteiger partial charge in [0.05, 0.1) is 6.61 Å². The van der Waals surface area contributed by atoms with Crippen molar-refractivity contribution in [1.29, 1.82) is 0 Å². The fraction of sp³-hybridized carbons (Fsp3) is 0.953. The number of nitrogens with two attached hydrogens (primary N) is 1. The smallest absolute Gasteiger partial charge is 0.423 e. The number of aliphatic hydroxyl groups is 2. The van der Waals surface area contributed by atoms with E-state index in [9.17, 15) is 67.4 Å². The lowest BCUT2D eigenvalue weighted by molar-refractivity contribution is -0.212. The number of phosphoric ester groups is 4. The zero-order chi connectivity index (χ0) is 52.5. The Morgan fingerprint density at radius 2 is 0.757 bits per heavy atom. The van der Waals surface area contributed by atoms with Gasteiger partial charge in [-0.2, -0.15) is 0 Å². The summed E-state index contributed by atoms with van der Waals surface area (Å²) in [5.74, 6) is -1.59.